The summed E-state index contributed by atoms with van der Waals surface area (Å²) < 4.78 is 0. The molecule has 3 aliphatic rings. The summed E-state index contributed by atoms with van der Waals surface area (Å²) in [5, 5.41) is 8.97. The fourth-order valence-corrected chi connectivity index (χ4v) is 5.45. The van der Waals surface area contributed by atoms with E-state index >= 15 is 0 Å². The van der Waals surface area contributed by atoms with Crippen molar-refractivity contribution < 1.29 is 14.7 Å². The van der Waals surface area contributed by atoms with Crippen molar-refractivity contribution in [1.29, 1.82) is 0 Å². The van der Waals surface area contributed by atoms with Gasteiger partial charge in [0.2, 0.25) is 0 Å². The number of carbonyl (C=O) groups excluding carboxylic acids is 1. The highest BCUT2D eigenvalue weighted by Crippen LogP contribution is 2.40. The molecule has 21 heavy (non-hydrogen) atoms. The monoisotopic (exact) mass is 312 g/mol. The maximum atomic E-state index is 12.8. The summed E-state index contributed by atoms with van der Waals surface area (Å²) in [6.07, 6.45) is 5.16. The standard InChI is InChI=1S/C15H24N2O3S/c1-16(13-4-5-21-9-13)15(20)17-11-2-3-12(17)7-10(6-11)8-14(18)19/h10-13H,2-9H2,1H3,(H,18,19). The number of rotatable bonds is 3. The SMILES string of the molecule is CN(C(=O)N1C2CCC1CC(CC(=O)O)C2)C1CCSC1. The van der Waals surface area contributed by atoms with Gasteiger partial charge >= 0.3 is 12.0 Å². The first kappa shape index (κ1) is 15.0. The second kappa shape index (κ2) is 6.07. The average Bonchev–Trinajstić information content (AvgIpc) is 3.04. The number of fused-ring (bicyclic) bond motifs is 2. The van der Waals surface area contributed by atoms with Gasteiger partial charge in [-0.05, 0) is 43.8 Å². The van der Waals surface area contributed by atoms with Gasteiger partial charge in [0.15, 0.2) is 0 Å². The van der Waals surface area contributed by atoms with Gasteiger partial charge in [-0.15, -0.1) is 0 Å². The van der Waals surface area contributed by atoms with E-state index in [4.69, 9.17) is 5.11 Å². The Morgan fingerprint density at radius 1 is 1.24 bits per heavy atom. The Morgan fingerprint density at radius 2 is 1.90 bits per heavy atom. The summed E-state index contributed by atoms with van der Waals surface area (Å²) in [7, 11) is 1.93. The van der Waals surface area contributed by atoms with Crippen LogP contribution >= 0.6 is 11.8 Å². The van der Waals surface area contributed by atoms with Crippen molar-refractivity contribution in [2.45, 2.75) is 56.7 Å². The average molecular weight is 312 g/mol. The molecule has 2 amide bonds. The van der Waals surface area contributed by atoms with Crippen molar-refractivity contribution in [2.24, 2.45) is 5.92 Å². The Labute approximate surface area is 130 Å². The van der Waals surface area contributed by atoms with E-state index in [1.807, 2.05) is 23.7 Å². The predicted molar refractivity (Wildman–Crippen MR) is 82.5 cm³/mol. The van der Waals surface area contributed by atoms with E-state index in [1.165, 1.54) is 0 Å². The molecule has 3 rings (SSSR count). The van der Waals surface area contributed by atoms with Crippen molar-refractivity contribution in [3.05, 3.63) is 0 Å². The Morgan fingerprint density at radius 3 is 2.43 bits per heavy atom. The fourth-order valence-electron chi connectivity index (χ4n) is 4.18. The van der Waals surface area contributed by atoms with Crippen LogP contribution in [0.4, 0.5) is 4.79 Å². The third-order valence-corrected chi connectivity index (χ3v) is 6.41. The molecule has 2 bridgehead atoms. The molecule has 0 spiro atoms. The molecular formula is C15H24N2O3S. The first-order valence-corrected chi connectivity index (χ1v) is 9.06. The highest BCUT2D eigenvalue weighted by molar-refractivity contribution is 7.99. The maximum Gasteiger partial charge on any atom is 0.320 e. The number of amides is 2. The predicted octanol–water partition coefficient (Wildman–Crippen LogP) is 2.26. The van der Waals surface area contributed by atoms with Gasteiger partial charge in [-0.3, -0.25) is 4.79 Å². The maximum absolute atomic E-state index is 12.8. The normalized spacial score (nSPS) is 35.0. The Bertz CT molecular complexity index is 411. The van der Waals surface area contributed by atoms with Crippen LogP contribution < -0.4 is 0 Å². The zero-order valence-electron chi connectivity index (χ0n) is 12.5. The molecule has 1 N–H and O–H groups in total. The summed E-state index contributed by atoms with van der Waals surface area (Å²) in [6.45, 7) is 0. The number of carbonyl (C=O) groups is 2. The molecule has 5 nitrogen and oxygen atoms in total. The molecule has 0 aromatic carbocycles. The largest absolute Gasteiger partial charge is 0.481 e. The molecule has 0 aromatic heterocycles. The van der Waals surface area contributed by atoms with Gasteiger partial charge in [0.05, 0.1) is 0 Å². The van der Waals surface area contributed by atoms with Crippen LogP contribution in [0.2, 0.25) is 0 Å². The molecule has 118 valence electrons. The van der Waals surface area contributed by atoms with Gasteiger partial charge in [0.1, 0.15) is 0 Å². The van der Waals surface area contributed by atoms with Crippen LogP contribution in [0.5, 0.6) is 0 Å². The summed E-state index contributed by atoms with van der Waals surface area (Å²) in [5.74, 6) is 1.73. The van der Waals surface area contributed by atoms with Gasteiger partial charge in [-0.25, -0.2) is 4.79 Å². The first-order valence-electron chi connectivity index (χ1n) is 7.91. The summed E-state index contributed by atoms with van der Waals surface area (Å²) in [4.78, 5) is 27.7. The number of thioether (sulfide) groups is 1. The zero-order chi connectivity index (χ0) is 15.0. The van der Waals surface area contributed by atoms with E-state index in [2.05, 4.69) is 4.90 Å². The quantitative estimate of drug-likeness (QED) is 0.868. The lowest BCUT2D eigenvalue weighted by Gasteiger charge is -2.41. The molecule has 0 radical (unpaired) electrons. The fraction of sp³-hybridized carbons (Fsp3) is 0.867. The highest BCUT2D eigenvalue weighted by atomic mass is 32.2. The third kappa shape index (κ3) is 3.00. The second-order valence-corrected chi connectivity index (χ2v) is 7.79. The first-order chi connectivity index (χ1) is 10.1. The minimum absolute atomic E-state index is 0.170. The smallest absolute Gasteiger partial charge is 0.320 e. The van der Waals surface area contributed by atoms with E-state index in [1.54, 1.807) is 0 Å². The number of piperidine rings is 1. The number of hydrogen-bond acceptors (Lipinski definition) is 3. The van der Waals surface area contributed by atoms with Gasteiger partial charge in [0, 0.05) is 37.3 Å². The van der Waals surface area contributed by atoms with Crippen LogP contribution in [0.15, 0.2) is 0 Å². The molecule has 3 fully saturated rings. The molecule has 3 aliphatic heterocycles. The van der Waals surface area contributed by atoms with Crippen molar-refractivity contribution in [2.75, 3.05) is 18.6 Å². The van der Waals surface area contributed by atoms with E-state index in [-0.39, 0.29) is 30.5 Å². The molecule has 3 atom stereocenters. The van der Waals surface area contributed by atoms with Crippen LogP contribution in [0.3, 0.4) is 0 Å². The van der Waals surface area contributed by atoms with E-state index in [0.717, 1.165) is 43.6 Å². The number of nitrogens with zero attached hydrogens (tertiary/aromatic N) is 2. The number of carboxylic acids is 1. The van der Waals surface area contributed by atoms with E-state index in [9.17, 15) is 9.59 Å². The van der Waals surface area contributed by atoms with Gasteiger partial charge in [-0.1, -0.05) is 0 Å². The minimum atomic E-state index is -0.709. The van der Waals surface area contributed by atoms with Crippen molar-refractivity contribution in [3.8, 4) is 0 Å². The van der Waals surface area contributed by atoms with Crippen LogP contribution in [0.1, 0.15) is 38.5 Å². The van der Waals surface area contributed by atoms with Crippen molar-refractivity contribution in [3.63, 3.8) is 0 Å². The Hall–Kier alpha value is -0.910. The summed E-state index contributed by atoms with van der Waals surface area (Å²) in [5.41, 5.74) is 0. The summed E-state index contributed by atoms with van der Waals surface area (Å²) >= 11 is 1.92. The number of urea groups is 1. The molecule has 0 aromatic rings. The molecule has 3 heterocycles. The van der Waals surface area contributed by atoms with E-state index in [0.29, 0.717) is 6.04 Å². The second-order valence-electron chi connectivity index (χ2n) is 6.64. The molecule has 3 unspecified atom stereocenters. The zero-order valence-corrected chi connectivity index (χ0v) is 13.3. The van der Waals surface area contributed by atoms with E-state index < -0.39 is 5.97 Å². The molecule has 6 heteroatoms. The number of aliphatic carboxylic acids is 1. The van der Waals surface area contributed by atoms with Gasteiger partial charge < -0.3 is 14.9 Å². The Kier molecular flexibility index (Phi) is 4.33. The van der Waals surface area contributed by atoms with Gasteiger partial charge in [-0.2, -0.15) is 11.8 Å². The number of carboxylic acid groups (broad SMARTS) is 1. The minimum Gasteiger partial charge on any atom is -0.481 e. The third-order valence-electron chi connectivity index (χ3n) is 5.27. The van der Waals surface area contributed by atoms with Crippen LogP contribution in [-0.2, 0) is 4.79 Å². The molecular weight excluding hydrogens is 288 g/mol. The molecule has 0 saturated carbocycles. The lowest BCUT2D eigenvalue weighted by atomic mass is 9.88. The van der Waals surface area contributed by atoms with Crippen molar-refractivity contribution >= 4 is 23.8 Å². The summed E-state index contributed by atoms with van der Waals surface area (Å²) in [6, 6.07) is 1.07. The lowest BCUT2D eigenvalue weighted by molar-refractivity contribution is -0.138. The van der Waals surface area contributed by atoms with Crippen LogP contribution in [-0.4, -0.2) is 63.6 Å². The van der Waals surface area contributed by atoms with Crippen molar-refractivity contribution in [1.82, 2.24) is 9.80 Å². The van der Waals surface area contributed by atoms with Crippen LogP contribution in [0, 0.1) is 5.92 Å². The highest BCUT2D eigenvalue weighted by Gasteiger charge is 2.45. The van der Waals surface area contributed by atoms with Gasteiger partial charge in [0.25, 0.3) is 0 Å². The van der Waals surface area contributed by atoms with Crippen LogP contribution in [0.25, 0.3) is 0 Å². The number of hydrogen-bond donors (Lipinski definition) is 1. The molecule has 3 saturated heterocycles. The topological polar surface area (TPSA) is 60.9 Å². The lowest BCUT2D eigenvalue weighted by Crippen LogP contribution is -2.53. The Balaban J connectivity index is 1.64. The molecule has 0 aliphatic carbocycles.